The Morgan fingerprint density at radius 2 is 0.947 bits per heavy atom. The molecule has 0 aliphatic rings. The Morgan fingerprint density at radius 3 is 1.16 bits per heavy atom. The first kappa shape index (κ1) is 18.4. The van der Waals surface area contributed by atoms with Crippen LogP contribution in [0, 0.1) is 0 Å². The van der Waals surface area contributed by atoms with E-state index in [1.807, 2.05) is 0 Å². The van der Waals surface area contributed by atoms with E-state index in [1.54, 1.807) is 0 Å². The Bertz CT molecular complexity index is 445. The van der Waals surface area contributed by atoms with Crippen molar-refractivity contribution >= 4 is 20.0 Å². The molecule has 0 aromatic carbocycles. The first-order valence-electron chi connectivity index (χ1n) is 4.49. The lowest BCUT2D eigenvalue weighted by Gasteiger charge is -2.10. The van der Waals surface area contributed by atoms with E-state index in [0.29, 0.717) is 0 Å². The van der Waals surface area contributed by atoms with Gasteiger partial charge in [0, 0.05) is 0 Å². The Morgan fingerprint density at radius 1 is 0.684 bits per heavy atom. The first-order chi connectivity index (χ1) is 8.12. The minimum atomic E-state index is -4.87. The highest BCUT2D eigenvalue weighted by Crippen LogP contribution is 2.21. The summed E-state index contributed by atoms with van der Waals surface area (Å²) in [7, 11) is -9.73. The normalized spacial score (nSPS) is 14.6. The van der Waals surface area contributed by atoms with Crippen LogP contribution in [0.2, 0.25) is 0 Å². The molecule has 0 spiro atoms. The summed E-state index contributed by atoms with van der Waals surface area (Å²) in [6.07, 6.45) is -13.3. The number of rotatable bonds is 6. The van der Waals surface area contributed by atoms with Crippen molar-refractivity contribution in [1.82, 2.24) is 4.13 Å². The number of halogens is 6. The Balaban J connectivity index is 4.57. The van der Waals surface area contributed by atoms with Gasteiger partial charge in [-0.2, -0.15) is 26.3 Å². The fourth-order valence-corrected chi connectivity index (χ4v) is 3.99. The molecule has 0 radical (unpaired) electrons. The van der Waals surface area contributed by atoms with Crippen LogP contribution in [-0.4, -0.2) is 40.7 Å². The fraction of sp³-hybridized carbons (Fsp3) is 1.00. The lowest BCUT2D eigenvalue weighted by atomic mass is 10.5. The van der Waals surface area contributed by atoms with Crippen molar-refractivity contribution in [3.05, 3.63) is 0 Å². The van der Waals surface area contributed by atoms with Gasteiger partial charge in [0.2, 0.25) is 20.0 Å². The second-order valence-corrected chi connectivity index (χ2v) is 7.39. The summed E-state index contributed by atoms with van der Waals surface area (Å²) < 4.78 is 115. The molecule has 0 aromatic heterocycles. The number of hydrogen-bond acceptors (Lipinski definition) is 4. The highest BCUT2D eigenvalue weighted by atomic mass is 32.3. The van der Waals surface area contributed by atoms with Gasteiger partial charge in [-0.05, 0) is 0 Å². The molecule has 0 atom stereocenters. The molecular weight excluding hydrogens is 328 g/mol. The van der Waals surface area contributed by atoms with Crippen LogP contribution >= 0.6 is 0 Å². The molecule has 0 amide bonds. The monoisotopic (exact) mass is 337 g/mol. The standard InChI is InChI=1S/C6H9F6NO4S2/c7-5(8,9)1-3-18(14,15)13-19(16,17)4-2-6(10,11)12/h13H,1-4H2. The molecule has 1 N–H and O–H groups in total. The fourth-order valence-electron chi connectivity index (χ4n) is 0.777. The van der Waals surface area contributed by atoms with E-state index in [-0.39, 0.29) is 0 Å². The summed E-state index contributed by atoms with van der Waals surface area (Å²) in [4.78, 5) is 0. The van der Waals surface area contributed by atoms with E-state index >= 15 is 0 Å². The molecule has 0 saturated heterocycles. The third kappa shape index (κ3) is 11.0. The van der Waals surface area contributed by atoms with Crippen LogP contribution in [0.1, 0.15) is 12.8 Å². The molecule has 0 aliphatic heterocycles. The molecule has 19 heavy (non-hydrogen) atoms. The summed E-state index contributed by atoms with van der Waals surface area (Å²) in [5, 5.41) is 0. The van der Waals surface area contributed by atoms with Crippen LogP contribution in [0.4, 0.5) is 26.3 Å². The van der Waals surface area contributed by atoms with Crippen LogP contribution in [0.5, 0.6) is 0 Å². The smallest absolute Gasteiger partial charge is 0.211 e. The average molecular weight is 337 g/mol. The van der Waals surface area contributed by atoms with Crippen LogP contribution < -0.4 is 4.13 Å². The number of hydrogen-bond donors (Lipinski definition) is 1. The van der Waals surface area contributed by atoms with Crippen LogP contribution in [0.15, 0.2) is 0 Å². The van der Waals surface area contributed by atoms with Gasteiger partial charge in [0.25, 0.3) is 0 Å². The first-order valence-corrected chi connectivity index (χ1v) is 7.80. The predicted molar refractivity (Wildman–Crippen MR) is 52.1 cm³/mol. The van der Waals surface area contributed by atoms with Gasteiger partial charge in [-0.25, -0.2) is 16.8 Å². The van der Waals surface area contributed by atoms with Crippen molar-refractivity contribution < 1.29 is 43.2 Å². The lowest BCUT2D eigenvalue weighted by molar-refractivity contribution is -0.130. The third-order valence-electron chi connectivity index (χ3n) is 1.56. The highest BCUT2D eigenvalue weighted by Gasteiger charge is 2.34. The minimum absolute atomic E-state index is 0.822. The zero-order chi connectivity index (χ0) is 15.5. The van der Waals surface area contributed by atoms with Crippen molar-refractivity contribution in [2.24, 2.45) is 0 Å². The van der Waals surface area contributed by atoms with Gasteiger partial charge in [0.05, 0.1) is 24.3 Å². The molecular formula is C6H9F6NO4S2. The second kappa shape index (κ2) is 5.83. The molecule has 0 heterocycles. The molecule has 5 nitrogen and oxygen atoms in total. The Kier molecular flexibility index (Phi) is 5.66. The van der Waals surface area contributed by atoms with Gasteiger partial charge in [-0.15, -0.1) is 4.13 Å². The summed E-state index contributed by atoms with van der Waals surface area (Å²) in [5.41, 5.74) is 0. The van der Waals surface area contributed by atoms with Gasteiger partial charge in [-0.3, -0.25) is 0 Å². The van der Waals surface area contributed by atoms with Crippen LogP contribution in [0.25, 0.3) is 0 Å². The van der Waals surface area contributed by atoms with E-state index in [9.17, 15) is 43.2 Å². The second-order valence-electron chi connectivity index (χ2n) is 3.45. The van der Waals surface area contributed by atoms with Gasteiger partial charge < -0.3 is 0 Å². The number of sulfonamides is 2. The molecule has 13 heteroatoms. The molecule has 116 valence electrons. The lowest BCUT2D eigenvalue weighted by Crippen LogP contribution is -2.36. The van der Waals surface area contributed by atoms with E-state index in [0.717, 1.165) is 4.13 Å². The van der Waals surface area contributed by atoms with Gasteiger partial charge in [0.1, 0.15) is 0 Å². The van der Waals surface area contributed by atoms with E-state index < -0.39 is 56.7 Å². The number of alkyl halides is 6. The topological polar surface area (TPSA) is 80.3 Å². The minimum Gasteiger partial charge on any atom is -0.211 e. The van der Waals surface area contributed by atoms with Gasteiger partial charge in [0.15, 0.2) is 0 Å². The summed E-state index contributed by atoms with van der Waals surface area (Å²) >= 11 is 0. The molecule has 0 bridgehead atoms. The molecule has 0 rings (SSSR count). The molecule has 0 unspecified atom stereocenters. The van der Waals surface area contributed by atoms with Crippen LogP contribution in [0.3, 0.4) is 0 Å². The largest absolute Gasteiger partial charge is 0.390 e. The Labute approximate surface area is 105 Å². The zero-order valence-electron chi connectivity index (χ0n) is 9.05. The van der Waals surface area contributed by atoms with E-state index in [4.69, 9.17) is 0 Å². The summed E-state index contributed by atoms with van der Waals surface area (Å²) in [6.45, 7) is 0. The third-order valence-corrected chi connectivity index (χ3v) is 5.08. The van der Waals surface area contributed by atoms with E-state index in [1.165, 1.54) is 0 Å². The van der Waals surface area contributed by atoms with E-state index in [2.05, 4.69) is 0 Å². The Hall–Kier alpha value is -0.560. The van der Waals surface area contributed by atoms with Gasteiger partial charge in [-0.1, -0.05) is 0 Å². The van der Waals surface area contributed by atoms with Crippen molar-refractivity contribution in [3.63, 3.8) is 0 Å². The van der Waals surface area contributed by atoms with Crippen molar-refractivity contribution in [3.8, 4) is 0 Å². The molecule has 0 fully saturated rings. The summed E-state index contributed by atoms with van der Waals surface area (Å²) in [5.74, 6) is -3.16. The molecule has 0 aliphatic carbocycles. The predicted octanol–water partition coefficient (Wildman–Crippen LogP) is 1.14. The maximum atomic E-state index is 11.7. The maximum absolute atomic E-state index is 11.7. The number of nitrogens with one attached hydrogen (secondary N) is 1. The average Bonchev–Trinajstić information content (AvgIpc) is 2.09. The highest BCUT2D eigenvalue weighted by molar-refractivity contribution is 8.04. The maximum Gasteiger partial charge on any atom is 0.390 e. The van der Waals surface area contributed by atoms with Crippen molar-refractivity contribution in [2.45, 2.75) is 25.2 Å². The van der Waals surface area contributed by atoms with Crippen molar-refractivity contribution in [1.29, 1.82) is 0 Å². The summed E-state index contributed by atoms with van der Waals surface area (Å²) in [6, 6.07) is 0. The molecule has 0 aromatic rings. The quantitative estimate of drug-likeness (QED) is 0.737. The van der Waals surface area contributed by atoms with Gasteiger partial charge >= 0.3 is 12.4 Å². The zero-order valence-corrected chi connectivity index (χ0v) is 10.7. The SMILES string of the molecule is O=S(=O)(CCC(F)(F)F)NS(=O)(=O)CCC(F)(F)F. The molecule has 0 saturated carbocycles. The van der Waals surface area contributed by atoms with Crippen molar-refractivity contribution in [2.75, 3.05) is 11.5 Å². The van der Waals surface area contributed by atoms with Crippen LogP contribution in [-0.2, 0) is 20.0 Å².